The van der Waals surface area contributed by atoms with Gasteiger partial charge < -0.3 is 4.74 Å². The van der Waals surface area contributed by atoms with E-state index in [9.17, 15) is 10.1 Å². The average molecular weight is 277 g/mol. The van der Waals surface area contributed by atoms with Gasteiger partial charge >= 0.3 is 0 Å². The molecule has 0 N–H and O–H groups in total. The predicted molar refractivity (Wildman–Crippen MR) is 64.9 cm³/mol. The van der Waals surface area contributed by atoms with Gasteiger partial charge in [0.2, 0.25) is 0 Å². The summed E-state index contributed by atoms with van der Waals surface area (Å²) < 4.78 is 5.29. The number of nitro benzene ring substituents is 1. The molecular weight excluding hydrogens is 272 g/mol. The molecule has 0 aliphatic rings. The number of ether oxygens (including phenoxy) is 1. The molecule has 0 spiro atoms. The largest absolute Gasteiger partial charge is 0.435 e. The van der Waals surface area contributed by atoms with E-state index in [0.717, 1.165) is 6.07 Å². The van der Waals surface area contributed by atoms with Gasteiger partial charge in [0.15, 0.2) is 5.75 Å². The van der Waals surface area contributed by atoms with Crippen molar-refractivity contribution in [3.8, 4) is 17.7 Å². The Labute approximate surface area is 112 Å². The fraction of sp³-hybridized carbons (Fsp3) is 0. The van der Waals surface area contributed by atoms with E-state index in [-0.39, 0.29) is 27.9 Å². The Bertz CT molecular complexity index is 684. The molecule has 7 nitrogen and oxygen atoms in total. The van der Waals surface area contributed by atoms with Crippen LogP contribution in [0.4, 0.5) is 5.69 Å². The Kier molecular flexibility index (Phi) is 3.54. The Balaban J connectivity index is 2.41. The first-order valence-electron chi connectivity index (χ1n) is 4.95. The lowest BCUT2D eigenvalue weighted by Crippen LogP contribution is -1.95. The van der Waals surface area contributed by atoms with E-state index in [0.29, 0.717) is 0 Å². The van der Waals surface area contributed by atoms with Crippen LogP contribution in [0.25, 0.3) is 0 Å². The Morgan fingerprint density at radius 3 is 2.89 bits per heavy atom. The van der Waals surface area contributed by atoms with E-state index in [2.05, 4.69) is 10.2 Å². The monoisotopic (exact) mass is 276 g/mol. The van der Waals surface area contributed by atoms with Gasteiger partial charge in [0.1, 0.15) is 11.6 Å². The highest BCUT2D eigenvalue weighted by Crippen LogP contribution is 2.32. The number of benzene rings is 1. The Hall–Kier alpha value is -2.72. The molecule has 0 unspecified atom stereocenters. The van der Waals surface area contributed by atoms with Crippen LogP contribution in [-0.4, -0.2) is 15.1 Å². The molecule has 0 radical (unpaired) electrons. The van der Waals surface area contributed by atoms with Crippen molar-refractivity contribution in [3.05, 3.63) is 51.2 Å². The van der Waals surface area contributed by atoms with Crippen LogP contribution in [0.3, 0.4) is 0 Å². The van der Waals surface area contributed by atoms with Gasteiger partial charge in [0.05, 0.1) is 22.2 Å². The quantitative estimate of drug-likeness (QED) is 0.631. The molecule has 0 atom stereocenters. The van der Waals surface area contributed by atoms with E-state index in [1.807, 2.05) is 6.07 Å². The predicted octanol–water partition coefficient (Wildman–Crippen LogP) is 2.70. The summed E-state index contributed by atoms with van der Waals surface area (Å²) >= 11 is 5.87. The van der Waals surface area contributed by atoms with Crippen molar-refractivity contribution in [1.29, 1.82) is 5.26 Å². The third-order valence-corrected chi connectivity index (χ3v) is 2.45. The highest BCUT2D eigenvalue weighted by molar-refractivity contribution is 6.32. The van der Waals surface area contributed by atoms with Crippen molar-refractivity contribution >= 4 is 17.3 Å². The molecule has 0 saturated heterocycles. The molecule has 0 bridgehead atoms. The van der Waals surface area contributed by atoms with E-state index in [1.54, 1.807) is 0 Å². The molecule has 0 aliphatic carbocycles. The highest BCUT2D eigenvalue weighted by atomic mass is 35.5. The van der Waals surface area contributed by atoms with Crippen molar-refractivity contribution in [2.24, 2.45) is 0 Å². The number of halogens is 1. The first-order valence-corrected chi connectivity index (χ1v) is 5.33. The number of rotatable bonds is 3. The second-order valence-electron chi connectivity index (χ2n) is 3.34. The lowest BCUT2D eigenvalue weighted by molar-refractivity contribution is -0.384. The van der Waals surface area contributed by atoms with Crippen LogP contribution in [0.2, 0.25) is 5.02 Å². The van der Waals surface area contributed by atoms with Crippen LogP contribution in [0.15, 0.2) is 30.5 Å². The SMILES string of the molecule is N#Cc1ccnnc1Oc1cc([N+](=O)[O-])ccc1Cl. The van der Waals surface area contributed by atoms with Crippen molar-refractivity contribution in [3.63, 3.8) is 0 Å². The summed E-state index contributed by atoms with van der Waals surface area (Å²) in [5.41, 5.74) is -0.0284. The summed E-state index contributed by atoms with van der Waals surface area (Å²) in [6.07, 6.45) is 1.33. The zero-order valence-corrected chi connectivity index (χ0v) is 10.0. The lowest BCUT2D eigenvalue weighted by Gasteiger charge is -2.06. The minimum absolute atomic E-state index is 0.0351. The van der Waals surface area contributed by atoms with E-state index < -0.39 is 4.92 Å². The molecule has 0 aliphatic heterocycles. The molecule has 2 rings (SSSR count). The van der Waals surface area contributed by atoms with Crippen LogP contribution in [0.1, 0.15) is 5.56 Å². The number of nitro groups is 1. The van der Waals surface area contributed by atoms with Crippen molar-refractivity contribution < 1.29 is 9.66 Å². The molecular formula is C11H5ClN4O3. The first-order chi connectivity index (χ1) is 9.11. The maximum atomic E-state index is 10.7. The molecule has 0 fully saturated rings. The fourth-order valence-corrected chi connectivity index (χ4v) is 1.42. The summed E-state index contributed by atoms with van der Waals surface area (Å²) in [4.78, 5) is 10.1. The molecule has 19 heavy (non-hydrogen) atoms. The second-order valence-corrected chi connectivity index (χ2v) is 3.74. The maximum absolute atomic E-state index is 10.7. The minimum Gasteiger partial charge on any atom is -0.435 e. The normalized spacial score (nSPS) is 9.68. The number of hydrogen-bond donors (Lipinski definition) is 0. The van der Waals surface area contributed by atoms with Gasteiger partial charge in [-0.15, -0.1) is 5.10 Å². The van der Waals surface area contributed by atoms with E-state index >= 15 is 0 Å². The molecule has 1 heterocycles. The van der Waals surface area contributed by atoms with Crippen LogP contribution in [-0.2, 0) is 0 Å². The van der Waals surface area contributed by atoms with Gasteiger partial charge in [-0.05, 0) is 12.1 Å². The Morgan fingerprint density at radius 2 is 2.21 bits per heavy atom. The molecule has 8 heteroatoms. The first kappa shape index (κ1) is 12.7. The maximum Gasteiger partial charge on any atom is 0.273 e. The lowest BCUT2D eigenvalue weighted by atomic mass is 10.3. The van der Waals surface area contributed by atoms with Gasteiger partial charge in [0, 0.05) is 6.07 Å². The molecule has 94 valence electrons. The number of aromatic nitrogens is 2. The Morgan fingerprint density at radius 1 is 1.42 bits per heavy atom. The van der Waals surface area contributed by atoms with E-state index in [4.69, 9.17) is 21.6 Å². The van der Waals surface area contributed by atoms with Crippen LogP contribution < -0.4 is 4.74 Å². The summed E-state index contributed by atoms with van der Waals surface area (Å²) in [5.74, 6) is -0.0275. The van der Waals surface area contributed by atoms with Gasteiger partial charge in [-0.2, -0.15) is 10.4 Å². The standard InChI is InChI=1S/C11H5ClN4O3/c12-9-2-1-8(16(17)18)5-10(9)19-11-7(6-13)3-4-14-15-11/h1-5H. The summed E-state index contributed by atoms with van der Waals surface area (Å²) in [6, 6.07) is 7.01. The van der Waals surface area contributed by atoms with Crippen molar-refractivity contribution in [2.75, 3.05) is 0 Å². The van der Waals surface area contributed by atoms with Crippen molar-refractivity contribution in [1.82, 2.24) is 10.2 Å². The zero-order valence-electron chi connectivity index (χ0n) is 9.28. The van der Waals surface area contributed by atoms with Gasteiger partial charge in [-0.25, -0.2) is 0 Å². The number of nitriles is 1. The third-order valence-electron chi connectivity index (χ3n) is 2.14. The molecule has 1 aromatic heterocycles. The molecule has 2 aromatic rings. The summed E-state index contributed by atoms with van der Waals surface area (Å²) in [6.45, 7) is 0. The fourth-order valence-electron chi connectivity index (χ4n) is 1.27. The zero-order chi connectivity index (χ0) is 13.8. The number of nitrogens with zero attached hydrogens (tertiary/aromatic N) is 4. The van der Waals surface area contributed by atoms with Gasteiger partial charge in [-0.3, -0.25) is 10.1 Å². The summed E-state index contributed by atoms with van der Waals surface area (Å²) in [5, 5.41) is 26.9. The third kappa shape index (κ3) is 2.75. The molecule has 0 amide bonds. The minimum atomic E-state index is -0.578. The van der Waals surface area contributed by atoms with Gasteiger partial charge in [-0.1, -0.05) is 11.6 Å². The highest BCUT2D eigenvalue weighted by Gasteiger charge is 2.14. The summed E-state index contributed by atoms with van der Waals surface area (Å²) in [7, 11) is 0. The van der Waals surface area contributed by atoms with Crippen LogP contribution in [0.5, 0.6) is 11.6 Å². The average Bonchev–Trinajstić information content (AvgIpc) is 2.41. The van der Waals surface area contributed by atoms with Crippen molar-refractivity contribution in [2.45, 2.75) is 0 Å². The molecule has 1 aromatic carbocycles. The van der Waals surface area contributed by atoms with E-state index in [1.165, 1.54) is 24.4 Å². The smallest absolute Gasteiger partial charge is 0.273 e. The molecule has 0 saturated carbocycles. The number of non-ortho nitro benzene ring substituents is 1. The topological polar surface area (TPSA) is 102 Å². The number of hydrogen-bond acceptors (Lipinski definition) is 6. The second kappa shape index (κ2) is 5.29. The van der Waals surface area contributed by atoms with Gasteiger partial charge in [0.25, 0.3) is 11.6 Å². The van der Waals surface area contributed by atoms with Crippen LogP contribution in [0, 0.1) is 21.4 Å². The van der Waals surface area contributed by atoms with Crippen LogP contribution >= 0.6 is 11.6 Å².